The number of nitrogens with zero attached hydrogens (tertiary/aromatic N) is 3. The molecule has 3 aromatic carbocycles. The number of anilines is 1. The Hall–Kier alpha value is -4.34. The van der Waals surface area contributed by atoms with Gasteiger partial charge in [-0.2, -0.15) is 13.2 Å². The highest BCUT2D eigenvalue weighted by Crippen LogP contribution is 2.28. The van der Waals surface area contributed by atoms with Gasteiger partial charge in [-0.15, -0.1) is 0 Å². The van der Waals surface area contributed by atoms with E-state index in [-0.39, 0.29) is 11.8 Å². The summed E-state index contributed by atoms with van der Waals surface area (Å²) in [5, 5.41) is 4.21. The van der Waals surface area contributed by atoms with Crippen LogP contribution in [-0.4, -0.2) is 52.2 Å². The number of aromatic nitrogens is 2. The summed E-state index contributed by atoms with van der Waals surface area (Å²) >= 11 is 0. The third-order valence-corrected chi connectivity index (χ3v) is 6.91. The molecule has 5 rings (SSSR count). The molecule has 0 aliphatic carbocycles. The van der Waals surface area contributed by atoms with E-state index in [4.69, 9.17) is 0 Å². The third-order valence-electron chi connectivity index (χ3n) is 6.91. The number of nitrogens with one attached hydrogen (secondary N) is 2. The molecule has 39 heavy (non-hydrogen) atoms. The van der Waals surface area contributed by atoms with Crippen LogP contribution in [0.4, 0.5) is 23.7 Å². The average molecular weight is 536 g/mol. The molecule has 0 radical (unpaired) electrons. The van der Waals surface area contributed by atoms with Gasteiger partial charge < -0.3 is 15.5 Å². The molecular weight excluding hydrogens is 507 g/mol. The van der Waals surface area contributed by atoms with Crippen molar-refractivity contribution >= 4 is 28.7 Å². The number of imidazole rings is 1. The van der Waals surface area contributed by atoms with Crippen LogP contribution in [0.5, 0.6) is 0 Å². The Morgan fingerprint density at radius 2 is 1.69 bits per heavy atom. The maximum Gasteiger partial charge on any atom is 0.405 e. The summed E-state index contributed by atoms with van der Waals surface area (Å²) in [6.07, 6.45) is -0.687. The molecule has 4 aromatic rings. The second-order valence-electron chi connectivity index (χ2n) is 9.67. The lowest BCUT2D eigenvalue weighted by molar-refractivity contribution is -0.131. The van der Waals surface area contributed by atoms with E-state index in [2.05, 4.69) is 10.3 Å². The number of carbonyl (C=O) groups is 2. The van der Waals surface area contributed by atoms with Gasteiger partial charge in [0, 0.05) is 24.5 Å². The minimum atomic E-state index is -4.49. The molecule has 0 saturated carbocycles. The molecule has 1 saturated heterocycles. The van der Waals surface area contributed by atoms with Crippen molar-refractivity contribution in [2.75, 3.05) is 25.0 Å². The topological polar surface area (TPSA) is 79.3 Å². The Balaban J connectivity index is 1.31. The Labute approximate surface area is 223 Å². The van der Waals surface area contributed by atoms with E-state index in [0.717, 1.165) is 53.7 Å². The minimum Gasteiger partial charge on any atom is -0.342 e. The number of likely N-dealkylation sites (tertiary alicyclic amines) is 1. The molecule has 1 fully saturated rings. The number of fused-ring (bicyclic) bond motifs is 1. The van der Waals surface area contributed by atoms with Crippen molar-refractivity contribution in [3.05, 3.63) is 78.6 Å². The molecule has 2 heterocycles. The van der Waals surface area contributed by atoms with E-state index in [9.17, 15) is 22.8 Å². The van der Waals surface area contributed by atoms with Crippen LogP contribution in [0.3, 0.4) is 0 Å². The van der Waals surface area contributed by atoms with E-state index in [1.807, 2.05) is 64.9 Å². The minimum absolute atomic E-state index is 0.174. The highest BCUT2D eigenvalue weighted by atomic mass is 19.4. The number of urea groups is 1. The smallest absolute Gasteiger partial charge is 0.342 e. The Bertz CT molecular complexity index is 1490. The molecule has 202 valence electrons. The van der Waals surface area contributed by atoms with E-state index >= 15 is 0 Å². The van der Waals surface area contributed by atoms with E-state index in [0.29, 0.717) is 11.4 Å². The first kappa shape index (κ1) is 26.3. The molecule has 0 bridgehead atoms. The zero-order valence-electron chi connectivity index (χ0n) is 21.3. The number of halogens is 3. The summed E-state index contributed by atoms with van der Waals surface area (Å²) in [5.74, 6) is -0.00953. The second-order valence-corrected chi connectivity index (χ2v) is 9.67. The fourth-order valence-corrected chi connectivity index (χ4v) is 4.81. The Morgan fingerprint density at radius 3 is 2.41 bits per heavy atom. The third kappa shape index (κ3) is 6.05. The molecule has 0 spiro atoms. The number of rotatable bonds is 6. The van der Waals surface area contributed by atoms with Crippen LogP contribution in [0, 0.1) is 0 Å². The molecule has 7 nitrogen and oxygen atoms in total. The van der Waals surface area contributed by atoms with Crippen LogP contribution in [0.2, 0.25) is 0 Å². The van der Waals surface area contributed by atoms with Gasteiger partial charge in [0.25, 0.3) is 0 Å². The molecule has 2 N–H and O–H groups in total. The highest BCUT2D eigenvalue weighted by Gasteiger charge is 2.27. The van der Waals surface area contributed by atoms with Crippen molar-refractivity contribution in [3.63, 3.8) is 0 Å². The largest absolute Gasteiger partial charge is 0.405 e. The van der Waals surface area contributed by atoms with Gasteiger partial charge in [-0.05, 0) is 66.8 Å². The SMILES string of the molecule is CC(C(=O)N1CCCC1)c1ccc(-c2ccc3c(c2)ncn3-c2cccc(NC(=O)NCC(F)(F)F)c2)cc1. The van der Waals surface area contributed by atoms with Gasteiger partial charge in [0.15, 0.2) is 0 Å². The quantitative estimate of drug-likeness (QED) is 0.313. The molecule has 1 atom stereocenters. The van der Waals surface area contributed by atoms with E-state index in [1.165, 1.54) is 0 Å². The molecule has 1 aromatic heterocycles. The van der Waals surface area contributed by atoms with Crippen LogP contribution in [-0.2, 0) is 4.79 Å². The average Bonchev–Trinajstić information content (AvgIpc) is 3.61. The van der Waals surface area contributed by atoms with Crippen LogP contribution in [0.25, 0.3) is 27.8 Å². The zero-order valence-corrected chi connectivity index (χ0v) is 21.3. The van der Waals surface area contributed by atoms with Crippen molar-refractivity contribution in [3.8, 4) is 16.8 Å². The fourth-order valence-electron chi connectivity index (χ4n) is 4.81. The van der Waals surface area contributed by atoms with Crippen molar-refractivity contribution in [1.82, 2.24) is 19.8 Å². The van der Waals surface area contributed by atoms with Crippen molar-refractivity contribution in [1.29, 1.82) is 0 Å². The Kier molecular flexibility index (Phi) is 7.28. The first-order valence-corrected chi connectivity index (χ1v) is 12.8. The molecule has 1 aliphatic rings. The highest BCUT2D eigenvalue weighted by molar-refractivity contribution is 5.90. The van der Waals surface area contributed by atoms with Crippen LogP contribution < -0.4 is 10.6 Å². The predicted octanol–water partition coefficient (Wildman–Crippen LogP) is 6.10. The summed E-state index contributed by atoms with van der Waals surface area (Å²) in [6.45, 7) is 2.22. The number of alkyl halides is 3. The lowest BCUT2D eigenvalue weighted by Gasteiger charge is -2.20. The molecule has 1 unspecified atom stereocenters. The number of amides is 3. The lowest BCUT2D eigenvalue weighted by atomic mass is 9.96. The molecule has 10 heteroatoms. The number of hydrogen-bond donors (Lipinski definition) is 2. The predicted molar refractivity (Wildman–Crippen MR) is 144 cm³/mol. The maximum atomic E-state index is 12.8. The van der Waals surface area contributed by atoms with Crippen LogP contribution >= 0.6 is 0 Å². The number of benzene rings is 3. The normalized spacial score (nSPS) is 14.4. The van der Waals surface area contributed by atoms with Gasteiger partial charge in [-0.1, -0.05) is 36.4 Å². The van der Waals surface area contributed by atoms with Crippen molar-refractivity contribution < 1.29 is 22.8 Å². The van der Waals surface area contributed by atoms with Gasteiger partial charge in [0.2, 0.25) is 5.91 Å². The number of carbonyl (C=O) groups excluding carboxylic acids is 2. The molecule has 1 aliphatic heterocycles. The maximum absolute atomic E-state index is 12.8. The lowest BCUT2D eigenvalue weighted by Crippen LogP contribution is -2.36. The van der Waals surface area contributed by atoms with Gasteiger partial charge in [0.1, 0.15) is 12.9 Å². The van der Waals surface area contributed by atoms with Gasteiger partial charge in [-0.3, -0.25) is 9.36 Å². The Morgan fingerprint density at radius 1 is 0.974 bits per heavy atom. The fraction of sp³-hybridized carbons (Fsp3) is 0.276. The van der Waals surface area contributed by atoms with Crippen molar-refractivity contribution in [2.45, 2.75) is 31.9 Å². The monoisotopic (exact) mass is 535 g/mol. The van der Waals surface area contributed by atoms with Crippen LogP contribution in [0.15, 0.2) is 73.1 Å². The standard InChI is InChI=1S/C29H28F3N5O2/c1-19(27(38)36-13-2-3-14-36)20-7-9-21(10-8-20)22-11-12-26-25(15-22)34-18-37(26)24-6-4-5-23(16-24)35-28(39)33-17-29(30,31)32/h4-12,15-16,18-19H,2-3,13-14,17H2,1H3,(H2,33,35,39). The first-order valence-electron chi connectivity index (χ1n) is 12.8. The number of hydrogen-bond acceptors (Lipinski definition) is 3. The summed E-state index contributed by atoms with van der Waals surface area (Å²) in [4.78, 5) is 31.1. The van der Waals surface area contributed by atoms with E-state index < -0.39 is 18.8 Å². The second kappa shape index (κ2) is 10.8. The van der Waals surface area contributed by atoms with E-state index in [1.54, 1.807) is 29.8 Å². The molecular formula is C29H28F3N5O2. The summed E-state index contributed by atoms with van der Waals surface area (Å²) < 4.78 is 38.9. The van der Waals surface area contributed by atoms with Crippen molar-refractivity contribution in [2.24, 2.45) is 0 Å². The first-order chi connectivity index (χ1) is 18.7. The van der Waals surface area contributed by atoms with Gasteiger partial charge in [0.05, 0.1) is 17.0 Å². The van der Waals surface area contributed by atoms with Gasteiger partial charge in [-0.25, -0.2) is 9.78 Å². The molecule has 3 amide bonds. The zero-order chi connectivity index (χ0) is 27.6. The summed E-state index contributed by atoms with van der Waals surface area (Å²) in [6, 6.07) is 19.8. The van der Waals surface area contributed by atoms with Crippen LogP contribution in [0.1, 0.15) is 31.2 Å². The summed E-state index contributed by atoms with van der Waals surface area (Å²) in [7, 11) is 0. The van der Waals surface area contributed by atoms with Gasteiger partial charge >= 0.3 is 12.2 Å². The summed E-state index contributed by atoms with van der Waals surface area (Å²) in [5.41, 5.74) is 5.61.